The van der Waals surface area contributed by atoms with E-state index in [4.69, 9.17) is 9.72 Å². The number of para-hydroxylation sites is 1. The Morgan fingerprint density at radius 2 is 1.97 bits per heavy atom. The standard InChI is InChI=1S/C25H23FN2O2S/c1-30-20-11-4-2-8-17(20)14-22-27-24-23(19-10-3-5-12-21(19)31-24)25(29)28(22)15-16-7-6-9-18(26)13-16/h2,4,6-9,11,13H,3,5,10,12,14-15H2,1H3. The number of hydrogen-bond donors (Lipinski definition) is 0. The van der Waals surface area contributed by atoms with Crippen LogP contribution in [0.4, 0.5) is 4.39 Å². The number of aryl methyl sites for hydroxylation is 2. The Kier molecular flexibility index (Phi) is 5.32. The third-order valence-corrected chi connectivity index (χ3v) is 7.11. The van der Waals surface area contributed by atoms with E-state index in [0.717, 1.165) is 52.8 Å². The topological polar surface area (TPSA) is 44.1 Å². The normalized spacial score (nSPS) is 13.4. The molecule has 4 aromatic rings. The van der Waals surface area contributed by atoms with Crippen molar-refractivity contribution in [1.29, 1.82) is 0 Å². The molecule has 2 heterocycles. The van der Waals surface area contributed by atoms with Crippen LogP contribution in [0.5, 0.6) is 5.75 Å². The van der Waals surface area contributed by atoms with Gasteiger partial charge < -0.3 is 4.74 Å². The van der Waals surface area contributed by atoms with Gasteiger partial charge in [-0.05, 0) is 55.0 Å². The van der Waals surface area contributed by atoms with Crippen molar-refractivity contribution in [2.24, 2.45) is 0 Å². The zero-order valence-corrected chi connectivity index (χ0v) is 18.2. The van der Waals surface area contributed by atoms with Gasteiger partial charge in [-0.2, -0.15) is 0 Å². The first-order valence-electron chi connectivity index (χ1n) is 10.5. The zero-order valence-electron chi connectivity index (χ0n) is 17.4. The molecular formula is C25H23FN2O2S. The van der Waals surface area contributed by atoms with Crippen LogP contribution in [-0.2, 0) is 25.8 Å². The van der Waals surface area contributed by atoms with Gasteiger partial charge in [-0.25, -0.2) is 9.37 Å². The van der Waals surface area contributed by atoms with Crippen LogP contribution in [0.15, 0.2) is 53.3 Å². The highest BCUT2D eigenvalue weighted by Crippen LogP contribution is 2.34. The molecule has 31 heavy (non-hydrogen) atoms. The van der Waals surface area contributed by atoms with E-state index in [2.05, 4.69) is 0 Å². The highest BCUT2D eigenvalue weighted by molar-refractivity contribution is 7.18. The van der Waals surface area contributed by atoms with E-state index in [-0.39, 0.29) is 17.9 Å². The van der Waals surface area contributed by atoms with E-state index in [1.165, 1.54) is 22.6 Å². The highest BCUT2D eigenvalue weighted by Gasteiger charge is 2.22. The van der Waals surface area contributed by atoms with E-state index in [1.807, 2.05) is 30.3 Å². The van der Waals surface area contributed by atoms with E-state index in [1.54, 1.807) is 29.1 Å². The van der Waals surface area contributed by atoms with Crippen LogP contribution in [0.3, 0.4) is 0 Å². The third kappa shape index (κ3) is 3.76. The first-order chi connectivity index (χ1) is 15.1. The summed E-state index contributed by atoms with van der Waals surface area (Å²) in [4.78, 5) is 20.8. The van der Waals surface area contributed by atoms with Crippen LogP contribution < -0.4 is 10.3 Å². The van der Waals surface area contributed by atoms with E-state index < -0.39 is 0 Å². The summed E-state index contributed by atoms with van der Waals surface area (Å²) < 4.78 is 21.1. The van der Waals surface area contributed by atoms with Crippen LogP contribution in [0.25, 0.3) is 10.2 Å². The molecule has 0 radical (unpaired) electrons. The Balaban J connectivity index is 1.69. The number of thiophene rings is 1. The molecule has 5 rings (SSSR count). The number of ether oxygens (including phenoxy) is 1. The molecule has 0 saturated heterocycles. The summed E-state index contributed by atoms with van der Waals surface area (Å²) in [6.45, 7) is 0.286. The summed E-state index contributed by atoms with van der Waals surface area (Å²) in [6, 6.07) is 14.2. The van der Waals surface area contributed by atoms with Gasteiger partial charge in [-0.1, -0.05) is 30.3 Å². The van der Waals surface area contributed by atoms with Crippen LogP contribution in [0.1, 0.15) is 40.2 Å². The molecule has 4 nitrogen and oxygen atoms in total. The molecule has 1 aliphatic carbocycles. The van der Waals surface area contributed by atoms with Gasteiger partial charge >= 0.3 is 0 Å². The molecule has 0 N–H and O–H groups in total. The molecule has 0 unspecified atom stereocenters. The lowest BCUT2D eigenvalue weighted by molar-refractivity contribution is 0.410. The second kappa shape index (κ2) is 8.27. The summed E-state index contributed by atoms with van der Waals surface area (Å²) >= 11 is 1.65. The lowest BCUT2D eigenvalue weighted by Gasteiger charge is -2.15. The monoisotopic (exact) mass is 434 g/mol. The minimum atomic E-state index is -0.307. The summed E-state index contributed by atoms with van der Waals surface area (Å²) in [7, 11) is 1.64. The Labute approximate surface area is 184 Å². The average Bonchev–Trinajstić information content (AvgIpc) is 3.15. The van der Waals surface area contributed by atoms with Gasteiger partial charge in [0.1, 0.15) is 22.2 Å². The predicted octanol–water partition coefficient (Wildman–Crippen LogP) is 5.12. The van der Waals surface area contributed by atoms with E-state index in [9.17, 15) is 9.18 Å². The SMILES string of the molecule is COc1ccccc1Cc1nc2sc3c(c2c(=O)n1Cc1cccc(F)c1)CCCC3. The molecule has 2 aromatic carbocycles. The summed E-state index contributed by atoms with van der Waals surface area (Å²) in [5.74, 6) is 1.13. The smallest absolute Gasteiger partial charge is 0.262 e. The maximum absolute atomic E-state index is 13.8. The predicted molar refractivity (Wildman–Crippen MR) is 122 cm³/mol. The summed E-state index contributed by atoms with van der Waals surface area (Å²) in [6.07, 6.45) is 4.67. The molecule has 0 fully saturated rings. The maximum atomic E-state index is 13.8. The second-order valence-corrected chi connectivity index (χ2v) is 9.01. The van der Waals surface area contributed by atoms with Gasteiger partial charge in [0.15, 0.2) is 0 Å². The van der Waals surface area contributed by atoms with Gasteiger partial charge in [-0.15, -0.1) is 11.3 Å². The molecule has 1 aliphatic rings. The van der Waals surface area contributed by atoms with Crippen molar-refractivity contribution >= 4 is 21.6 Å². The van der Waals surface area contributed by atoms with Gasteiger partial charge in [0, 0.05) is 16.9 Å². The zero-order chi connectivity index (χ0) is 21.4. The number of benzene rings is 2. The molecule has 0 atom stereocenters. The lowest BCUT2D eigenvalue weighted by atomic mass is 9.97. The average molecular weight is 435 g/mol. The van der Waals surface area contributed by atoms with Gasteiger partial charge in [0.05, 0.1) is 19.0 Å². The van der Waals surface area contributed by atoms with Crippen LogP contribution in [-0.4, -0.2) is 16.7 Å². The lowest BCUT2D eigenvalue weighted by Crippen LogP contribution is -2.26. The highest BCUT2D eigenvalue weighted by atomic mass is 32.1. The van der Waals surface area contributed by atoms with Crippen molar-refractivity contribution in [1.82, 2.24) is 9.55 Å². The van der Waals surface area contributed by atoms with Gasteiger partial charge in [0.25, 0.3) is 5.56 Å². The summed E-state index contributed by atoms with van der Waals surface area (Å²) in [5, 5.41) is 0.750. The third-order valence-electron chi connectivity index (χ3n) is 5.92. The first-order valence-corrected chi connectivity index (χ1v) is 11.4. The number of hydrogen-bond acceptors (Lipinski definition) is 4. The first kappa shape index (κ1) is 19.9. The van der Waals surface area contributed by atoms with Crippen LogP contribution in [0.2, 0.25) is 0 Å². The van der Waals surface area contributed by atoms with Crippen LogP contribution in [0, 0.1) is 5.82 Å². The molecule has 0 spiro atoms. The van der Waals surface area contributed by atoms with Crippen molar-refractivity contribution in [2.45, 2.75) is 38.6 Å². The number of rotatable bonds is 5. The molecular weight excluding hydrogens is 411 g/mol. The van der Waals surface area contributed by atoms with Gasteiger partial charge in [-0.3, -0.25) is 9.36 Å². The Hall–Kier alpha value is -2.99. The van der Waals surface area contributed by atoms with Crippen LogP contribution >= 0.6 is 11.3 Å². The Morgan fingerprint density at radius 3 is 2.81 bits per heavy atom. The second-order valence-electron chi connectivity index (χ2n) is 7.93. The molecule has 0 aliphatic heterocycles. The van der Waals surface area contributed by atoms with Crippen molar-refractivity contribution < 1.29 is 9.13 Å². The largest absolute Gasteiger partial charge is 0.496 e. The quantitative estimate of drug-likeness (QED) is 0.438. The number of methoxy groups -OCH3 is 1. The Bertz CT molecular complexity index is 1330. The fraction of sp³-hybridized carbons (Fsp3) is 0.280. The van der Waals surface area contributed by atoms with Gasteiger partial charge in [0.2, 0.25) is 0 Å². The molecule has 0 amide bonds. The number of fused-ring (bicyclic) bond motifs is 3. The fourth-order valence-electron chi connectivity index (χ4n) is 4.42. The molecule has 0 saturated carbocycles. The minimum absolute atomic E-state index is 0.0291. The fourth-order valence-corrected chi connectivity index (χ4v) is 5.69. The Morgan fingerprint density at radius 1 is 1.13 bits per heavy atom. The van der Waals surface area contributed by atoms with E-state index >= 15 is 0 Å². The van der Waals surface area contributed by atoms with Crippen molar-refractivity contribution in [3.63, 3.8) is 0 Å². The molecule has 0 bridgehead atoms. The maximum Gasteiger partial charge on any atom is 0.262 e. The minimum Gasteiger partial charge on any atom is -0.496 e. The van der Waals surface area contributed by atoms with Crippen molar-refractivity contribution in [3.05, 3.63) is 92.1 Å². The number of aromatic nitrogens is 2. The molecule has 6 heteroatoms. The van der Waals surface area contributed by atoms with E-state index in [0.29, 0.717) is 12.2 Å². The number of halogens is 1. The molecule has 158 valence electrons. The summed E-state index contributed by atoms with van der Waals surface area (Å²) in [5.41, 5.74) is 2.85. The number of nitrogens with zero attached hydrogens (tertiary/aromatic N) is 2. The van der Waals surface area contributed by atoms with Crippen molar-refractivity contribution in [3.8, 4) is 5.75 Å². The van der Waals surface area contributed by atoms with Crippen molar-refractivity contribution in [2.75, 3.05) is 7.11 Å². The molecule has 2 aromatic heterocycles.